The first-order valence-electron chi connectivity index (χ1n) is 9.28. The van der Waals surface area contributed by atoms with Crippen molar-refractivity contribution in [2.75, 3.05) is 6.61 Å². The maximum absolute atomic E-state index is 13.0. The van der Waals surface area contributed by atoms with E-state index in [9.17, 15) is 4.39 Å². The zero-order chi connectivity index (χ0) is 20.5. The smallest absolute Gasteiger partial charge is 0.161 e. The average molecular weight is 413 g/mol. The van der Waals surface area contributed by atoms with E-state index in [0.29, 0.717) is 36.3 Å². The highest BCUT2D eigenvalue weighted by Gasteiger charge is 2.07. The molecule has 3 aromatic carbocycles. The topological polar surface area (TPSA) is 42.8 Å². The van der Waals surface area contributed by atoms with Crippen molar-refractivity contribution in [3.63, 3.8) is 0 Å². The number of hydrogen-bond acceptors (Lipinski definition) is 4. The third kappa shape index (κ3) is 6.50. The fraction of sp³-hybridized carbons (Fsp3) is 0.174. The largest absolute Gasteiger partial charge is 0.490 e. The van der Waals surface area contributed by atoms with Gasteiger partial charge in [-0.05, 0) is 66.1 Å². The van der Waals surface area contributed by atoms with Gasteiger partial charge in [0, 0.05) is 5.02 Å². The molecule has 0 saturated heterocycles. The summed E-state index contributed by atoms with van der Waals surface area (Å²) in [5.74, 6) is 0.996. The van der Waals surface area contributed by atoms with Crippen molar-refractivity contribution in [3.8, 4) is 11.5 Å². The van der Waals surface area contributed by atoms with E-state index in [4.69, 9.17) is 21.1 Å². The molecule has 150 valence electrons. The van der Waals surface area contributed by atoms with Gasteiger partial charge in [-0.2, -0.15) is 5.10 Å². The Bertz CT molecular complexity index is 944. The lowest BCUT2D eigenvalue weighted by atomic mass is 10.2. The number of nitrogens with zero attached hydrogens (tertiary/aromatic N) is 1. The Morgan fingerprint density at radius 1 is 0.931 bits per heavy atom. The third-order valence-electron chi connectivity index (χ3n) is 4.08. The Kier molecular flexibility index (Phi) is 7.47. The molecule has 0 atom stereocenters. The predicted molar refractivity (Wildman–Crippen MR) is 114 cm³/mol. The van der Waals surface area contributed by atoms with E-state index in [-0.39, 0.29) is 5.82 Å². The first-order chi connectivity index (χ1) is 14.1. The molecule has 0 unspecified atom stereocenters. The fourth-order valence-corrected chi connectivity index (χ4v) is 2.72. The number of rotatable bonds is 9. The van der Waals surface area contributed by atoms with Crippen LogP contribution in [0, 0.1) is 5.82 Å². The number of nitrogens with one attached hydrogen (secondary N) is 1. The van der Waals surface area contributed by atoms with Gasteiger partial charge < -0.3 is 14.9 Å². The molecule has 0 spiro atoms. The molecular formula is C23H22ClFN2O2. The van der Waals surface area contributed by atoms with Crippen molar-refractivity contribution < 1.29 is 13.9 Å². The number of hydrazone groups is 1. The van der Waals surface area contributed by atoms with Crippen molar-refractivity contribution in [1.82, 2.24) is 5.43 Å². The van der Waals surface area contributed by atoms with Gasteiger partial charge >= 0.3 is 0 Å². The van der Waals surface area contributed by atoms with Crippen LogP contribution in [-0.2, 0) is 13.2 Å². The van der Waals surface area contributed by atoms with Gasteiger partial charge in [-0.1, -0.05) is 35.9 Å². The Labute approximate surface area is 174 Å². The van der Waals surface area contributed by atoms with E-state index in [2.05, 4.69) is 10.5 Å². The molecular weight excluding hydrogens is 391 g/mol. The van der Waals surface area contributed by atoms with Crippen LogP contribution in [0.3, 0.4) is 0 Å². The molecule has 3 aromatic rings. The molecule has 4 nitrogen and oxygen atoms in total. The van der Waals surface area contributed by atoms with Gasteiger partial charge in [0.15, 0.2) is 11.5 Å². The Morgan fingerprint density at radius 3 is 2.38 bits per heavy atom. The molecule has 29 heavy (non-hydrogen) atoms. The van der Waals surface area contributed by atoms with Gasteiger partial charge in [-0.15, -0.1) is 0 Å². The second kappa shape index (κ2) is 10.5. The summed E-state index contributed by atoms with van der Waals surface area (Å²) in [6.07, 6.45) is 1.72. The van der Waals surface area contributed by atoms with Crippen molar-refractivity contribution in [3.05, 3.63) is 94.3 Å². The molecule has 1 N–H and O–H groups in total. The Balaban J connectivity index is 1.60. The predicted octanol–water partition coefficient (Wildman–Crippen LogP) is 5.58. The van der Waals surface area contributed by atoms with Gasteiger partial charge in [0.05, 0.1) is 19.4 Å². The normalized spacial score (nSPS) is 10.9. The molecule has 0 aliphatic carbocycles. The molecule has 0 bridgehead atoms. The highest BCUT2D eigenvalue weighted by Crippen LogP contribution is 2.29. The Hall–Kier alpha value is -3.05. The maximum atomic E-state index is 13.0. The van der Waals surface area contributed by atoms with Crippen molar-refractivity contribution >= 4 is 17.8 Å². The van der Waals surface area contributed by atoms with Crippen LogP contribution < -0.4 is 14.9 Å². The van der Waals surface area contributed by atoms with Gasteiger partial charge in [0.1, 0.15) is 12.4 Å². The van der Waals surface area contributed by atoms with Gasteiger partial charge in [0.2, 0.25) is 0 Å². The standard InChI is InChI=1S/C23H22ClFN2O2/c1-2-28-23-13-19(15-27-26-14-17-3-8-20(24)9-4-17)7-12-22(23)29-16-18-5-10-21(25)11-6-18/h3-13,15,26H,2,14,16H2,1H3/b27-15-. The summed E-state index contributed by atoms with van der Waals surface area (Å²) in [6.45, 7) is 3.36. The molecule has 0 aliphatic heterocycles. The quantitative estimate of drug-likeness (QED) is 0.368. The highest BCUT2D eigenvalue weighted by molar-refractivity contribution is 6.30. The molecule has 0 aromatic heterocycles. The van der Waals surface area contributed by atoms with Crippen molar-refractivity contribution in [2.45, 2.75) is 20.1 Å². The average Bonchev–Trinajstić information content (AvgIpc) is 2.73. The summed E-state index contributed by atoms with van der Waals surface area (Å²) >= 11 is 5.88. The van der Waals surface area contributed by atoms with Gasteiger partial charge in [0.25, 0.3) is 0 Å². The van der Waals surface area contributed by atoms with Crippen molar-refractivity contribution in [2.24, 2.45) is 5.10 Å². The minimum absolute atomic E-state index is 0.267. The minimum Gasteiger partial charge on any atom is -0.490 e. The molecule has 0 amide bonds. The summed E-state index contributed by atoms with van der Waals surface area (Å²) in [4.78, 5) is 0. The van der Waals surface area contributed by atoms with Crippen LogP contribution in [0.2, 0.25) is 5.02 Å². The second-order valence-electron chi connectivity index (χ2n) is 6.27. The molecule has 0 aliphatic rings. The van der Waals surface area contributed by atoms with E-state index in [0.717, 1.165) is 16.7 Å². The molecule has 0 fully saturated rings. The number of hydrogen-bond donors (Lipinski definition) is 1. The minimum atomic E-state index is -0.267. The monoisotopic (exact) mass is 412 g/mol. The lowest BCUT2D eigenvalue weighted by Crippen LogP contribution is -2.05. The lowest BCUT2D eigenvalue weighted by Gasteiger charge is -2.12. The van der Waals surface area contributed by atoms with E-state index in [1.807, 2.05) is 49.4 Å². The van der Waals surface area contributed by atoms with E-state index in [1.165, 1.54) is 12.1 Å². The number of benzene rings is 3. The van der Waals surface area contributed by atoms with Crippen LogP contribution in [-0.4, -0.2) is 12.8 Å². The van der Waals surface area contributed by atoms with Gasteiger partial charge in [-0.3, -0.25) is 0 Å². The van der Waals surface area contributed by atoms with E-state index in [1.54, 1.807) is 18.3 Å². The SMILES string of the molecule is CCOc1cc(/C=N\NCc2ccc(Cl)cc2)ccc1OCc1ccc(F)cc1. The van der Waals surface area contributed by atoms with E-state index < -0.39 is 0 Å². The summed E-state index contributed by atoms with van der Waals surface area (Å²) in [6, 6.07) is 19.4. The van der Waals surface area contributed by atoms with Crippen LogP contribution in [0.1, 0.15) is 23.6 Å². The molecule has 0 heterocycles. The lowest BCUT2D eigenvalue weighted by molar-refractivity contribution is 0.269. The van der Waals surface area contributed by atoms with Crippen LogP contribution in [0.25, 0.3) is 0 Å². The Morgan fingerprint density at radius 2 is 1.66 bits per heavy atom. The van der Waals surface area contributed by atoms with Gasteiger partial charge in [-0.25, -0.2) is 4.39 Å². The summed E-state index contributed by atoms with van der Waals surface area (Å²) in [5, 5.41) is 4.96. The van der Waals surface area contributed by atoms with Crippen molar-refractivity contribution in [1.29, 1.82) is 0 Å². The first-order valence-corrected chi connectivity index (χ1v) is 9.66. The molecule has 3 rings (SSSR count). The molecule has 6 heteroatoms. The van der Waals surface area contributed by atoms with Crippen LogP contribution in [0.15, 0.2) is 71.8 Å². The highest BCUT2D eigenvalue weighted by atomic mass is 35.5. The molecule has 0 radical (unpaired) electrons. The maximum Gasteiger partial charge on any atom is 0.161 e. The number of halogens is 2. The van der Waals surface area contributed by atoms with Crippen LogP contribution in [0.4, 0.5) is 4.39 Å². The summed E-state index contributed by atoms with van der Waals surface area (Å²) in [7, 11) is 0. The fourth-order valence-electron chi connectivity index (χ4n) is 2.59. The second-order valence-corrected chi connectivity index (χ2v) is 6.71. The summed E-state index contributed by atoms with van der Waals surface area (Å²) in [5.41, 5.74) is 5.86. The van der Waals surface area contributed by atoms with E-state index >= 15 is 0 Å². The number of ether oxygens (including phenoxy) is 2. The zero-order valence-corrected chi connectivity index (χ0v) is 16.8. The third-order valence-corrected chi connectivity index (χ3v) is 4.33. The first kappa shape index (κ1) is 20.7. The zero-order valence-electron chi connectivity index (χ0n) is 16.1. The van der Waals surface area contributed by atoms with Crippen LogP contribution in [0.5, 0.6) is 11.5 Å². The summed E-state index contributed by atoms with van der Waals surface area (Å²) < 4.78 is 24.6. The molecule has 0 saturated carbocycles. The van der Waals surface area contributed by atoms with Crippen LogP contribution >= 0.6 is 11.6 Å².